The third kappa shape index (κ3) is 4.60. The van der Waals surface area contributed by atoms with Gasteiger partial charge in [-0.25, -0.2) is 24.1 Å². The molecule has 10 nitrogen and oxygen atoms in total. The number of aromatic nitrogens is 4. The lowest BCUT2D eigenvalue weighted by Crippen LogP contribution is -2.50. The van der Waals surface area contributed by atoms with Crippen molar-refractivity contribution >= 4 is 56.2 Å². The number of carboxylic acid groups (broad SMARTS) is 1. The van der Waals surface area contributed by atoms with Crippen molar-refractivity contribution in [3.8, 4) is 0 Å². The molecule has 33 heavy (non-hydrogen) atoms. The molecule has 13 heteroatoms. The molecule has 4 heterocycles. The molecule has 1 fully saturated rings. The molecule has 170 valence electrons. The van der Waals surface area contributed by atoms with Crippen LogP contribution in [0.15, 0.2) is 46.7 Å². The minimum Gasteiger partial charge on any atom is -0.465 e. The van der Waals surface area contributed by atoms with Gasteiger partial charge in [-0.3, -0.25) is 14.1 Å². The first-order chi connectivity index (χ1) is 16.0. The summed E-state index contributed by atoms with van der Waals surface area (Å²) >= 11 is 2.51. The standard InChI is InChI=1S/C20H18FN7O3S2/c21-12-8-13-15(9-14(12)32-17-10-23-18-22-2-1-3-28(17)18)33-19(24-13)25-16(29)11-26-4-6-27(7-5-26)20(30)31/h1-3,8-10H,4-7,11H2,(H,30,31)(H,24,25,29). The molecule has 0 atom stereocenters. The Bertz CT molecular complexity index is 1350. The Morgan fingerprint density at radius 1 is 1.21 bits per heavy atom. The maximum absolute atomic E-state index is 14.7. The number of carbonyl (C=O) groups is 2. The number of nitrogens with zero attached hydrogens (tertiary/aromatic N) is 6. The van der Waals surface area contributed by atoms with Crippen LogP contribution in [0.1, 0.15) is 0 Å². The first kappa shape index (κ1) is 21.6. The summed E-state index contributed by atoms with van der Waals surface area (Å²) < 4.78 is 17.3. The molecule has 1 aromatic carbocycles. The molecule has 1 aliphatic heterocycles. The van der Waals surface area contributed by atoms with Gasteiger partial charge >= 0.3 is 6.09 Å². The smallest absolute Gasteiger partial charge is 0.407 e. The second-order valence-electron chi connectivity index (χ2n) is 7.35. The minimum atomic E-state index is -0.948. The van der Waals surface area contributed by atoms with E-state index in [2.05, 4.69) is 20.3 Å². The molecule has 4 aromatic rings. The Balaban J connectivity index is 1.27. The molecule has 5 rings (SSSR count). The van der Waals surface area contributed by atoms with E-state index in [1.165, 1.54) is 34.1 Å². The molecule has 0 radical (unpaired) electrons. The van der Waals surface area contributed by atoms with E-state index in [0.29, 0.717) is 47.5 Å². The van der Waals surface area contributed by atoms with E-state index in [1.54, 1.807) is 28.9 Å². The highest BCUT2D eigenvalue weighted by Gasteiger charge is 2.22. The summed E-state index contributed by atoms with van der Waals surface area (Å²) in [6, 6.07) is 4.85. The molecule has 1 aliphatic rings. The van der Waals surface area contributed by atoms with Crippen LogP contribution in [0.5, 0.6) is 0 Å². The first-order valence-corrected chi connectivity index (χ1v) is 11.7. The summed E-state index contributed by atoms with van der Waals surface area (Å²) in [5.74, 6) is -0.120. The SMILES string of the molecule is O=C(CN1CCN(C(=O)O)CC1)Nc1nc2cc(F)c(Sc3cnc4ncccn34)cc2s1. The number of nitrogens with one attached hydrogen (secondary N) is 1. The topological polar surface area (TPSA) is 116 Å². The molecule has 0 aliphatic carbocycles. The van der Waals surface area contributed by atoms with Crippen LogP contribution in [0.2, 0.25) is 0 Å². The third-order valence-electron chi connectivity index (χ3n) is 5.17. The molecular formula is C20H18FN7O3S2. The lowest BCUT2D eigenvalue weighted by atomic mass is 10.3. The number of fused-ring (bicyclic) bond motifs is 2. The predicted molar refractivity (Wildman–Crippen MR) is 121 cm³/mol. The summed E-state index contributed by atoms with van der Waals surface area (Å²) in [7, 11) is 0. The number of piperazine rings is 1. The van der Waals surface area contributed by atoms with Crippen molar-refractivity contribution in [3.63, 3.8) is 0 Å². The van der Waals surface area contributed by atoms with E-state index in [-0.39, 0.29) is 12.5 Å². The number of anilines is 1. The van der Waals surface area contributed by atoms with E-state index < -0.39 is 11.9 Å². The summed E-state index contributed by atoms with van der Waals surface area (Å²) in [6.07, 6.45) is 4.16. The summed E-state index contributed by atoms with van der Waals surface area (Å²) in [5.41, 5.74) is 0.465. The number of carbonyl (C=O) groups excluding carboxylic acids is 1. The van der Waals surface area contributed by atoms with Crippen LogP contribution in [-0.4, -0.2) is 79.0 Å². The van der Waals surface area contributed by atoms with Gasteiger partial charge in [-0.05, 0) is 12.1 Å². The second-order valence-corrected chi connectivity index (χ2v) is 9.44. The van der Waals surface area contributed by atoms with Crippen molar-refractivity contribution in [1.29, 1.82) is 0 Å². The van der Waals surface area contributed by atoms with Gasteiger partial charge in [-0.15, -0.1) is 0 Å². The van der Waals surface area contributed by atoms with Crippen LogP contribution in [0.3, 0.4) is 0 Å². The van der Waals surface area contributed by atoms with Crippen molar-refractivity contribution in [3.05, 3.63) is 42.6 Å². The number of imidazole rings is 1. The Morgan fingerprint density at radius 3 is 2.82 bits per heavy atom. The monoisotopic (exact) mass is 487 g/mol. The molecule has 3 aromatic heterocycles. The van der Waals surface area contributed by atoms with Crippen molar-refractivity contribution < 1.29 is 19.1 Å². The Kier molecular flexibility index (Phi) is 5.83. The zero-order valence-corrected chi connectivity index (χ0v) is 18.8. The number of rotatable bonds is 5. The highest BCUT2D eigenvalue weighted by molar-refractivity contribution is 7.99. The van der Waals surface area contributed by atoms with Crippen molar-refractivity contribution in [2.24, 2.45) is 0 Å². The van der Waals surface area contributed by atoms with Crippen LogP contribution >= 0.6 is 23.1 Å². The average Bonchev–Trinajstić information content (AvgIpc) is 3.37. The number of hydrogen-bond acceptors (Lipinski definition) is 8. The minimum absolute atomic E-state index is 0.140. The van der Waals surface area contributed by atoms with Crippen LogP contribution in [-0.2, 0) is 4.79 Å². The molecule has 1 saturated heterocycles. The van der Waals surface area contributed by atoms with Gasteiger partial charge < -0.3 is 15.3 Å². The second kappa shape index (κ2) is 8.92. The van der Waals surface area contributed by atoms with Gasteiger partial charge in [0.2, 0.25) is 11.7 Å². The maximum atomic E-state index is 14.7. The molecule has 0 saturated carbocycles. The average molecular weight is 488 g/mol. The van der Waals surface area contributed by atoms with Crippen molar-refractivity contribution in [1.82, 2.24) is 29.2 Å². The summed E-state index contributed by atoms with van der Waals surface area (Å²) in [5, 5.41) is 12.9. The zero-order valence-electron chi connectivity index (χ0n) is 17.1. The normalized spacial score (nSPS) is 14.8. The van der Waals surface area contributed by atoms with Gasteiger partial charge in [0.25, 0.3) is 0 Å². The number of benzene rings is 1. The molecule has 2 amide bonds. The quantitative estimate of drug-likeness (QED) is 0.442. The van der Waals surface area contributed by atoms with Gasteiger partial charge in [0.15, 0.2) is 5.13 Å². The fourth-order valence-corrected chi connectivity index (χ4v) is 5.40. The highest BCUT2D eigenvalue weighted by Crippen LogP contribution is 2.35. The van der Waals surface area contributed by atoms with E-state index in [4.69, 9.17) is 5.11 Å². The fourth-order valence-electron chi connectivity index (χ4n) is 3.51. The van der Waals surface area contributed by atoms with E-state index >= 15 is 0 Å². The van der Waals surface area contributed by atoms with Gasteiger partial charge in [0.1, 0.15) is 10.8 Å². The van der Waals surface area contributed by atoms with Gasteiger partial charge in [0, 0.05) is 44.6 Å². The molecule has 0 bridgehead atoms. The summed E-state index contributed by atoms with van der Waals surface area (Å²) in [6.45, 7) is 1.85. The molecular weight excluding hydrogens is 469 g/mol. The van der Waals surface area contributed by atoms with Gasteiger partial charge in [-0.2, -0.15) is 0 Å². The Morgan fingerprint density at radius 2 is 2.03 bits per heavy atom. The van der Waals surface area contributed by atoms with Crippen molar-refractivity contribution in [2.45, 2.75) is 9.92 Å². The number of amides is 2. The predicted octanol–water partition coefficient (Wildman–Crippen LogP) is 2.86. The molecule has 0 spiro atoms. The lowest BCUT2D eigenvalue weighted by Gasteiger charge is -2.32. The van der Waals surface area contributed by atoms with Gasteiger partial charge in [-0.1, -0.05) is 23.1 Å². The van der Waals surface area contributed by atoms with Crippen LogP contribution in [0, 0.1) is 5.82 Å². The number of thiazole rings is 1. The third-order valence-corrected chi connectivity index (χ3v) is 7.15. The zero-order chi connectivity index (χ0) is 22.9. The van der Waals surface area contributed by atoms with Crippen LogP contribution < -0.4 is 5.32 Å². The van der Waals surface area contributed by atoms with Crippen LogP contribution in [0.25, 0.3) is 16.0 Å². The Labute approximate surface area is 195 Å². The largest absolute Gasteiger partial charge is 0.465 e. The molecule has 2 N–H and O–H groups in total. The lowest BCUT2D eigenvalue weighted by molar-refractivity contribution is -0.117. The summed E-state index contributed by atoms with van der Waals surface area (Å²) in [4.78, 5) is 39.8. The van der Waals surface area contributed by atoms with Crippen molar-refractivity contribution in [2.75, 3.05) is 38.0 Å². The first-order valence-electron chi connectivity index (χ1n) is 10.0. The van der Waals surface area contributed by atoms with E-state index in [0.717, 1.165) is 9.73 Å². The Hall–Kier alpha value is -3.29. The van der Waals surface area contributed by atoms with E-state index in [9.17, 15) is 14.0 Å². The number of halogens is 1. The maximum Gasteiger partial charge on any atom is 0.407 e. The fraction of sp³-hybridized carbons (Fsp3) is 0.250. The number of hydrogen-bond donors (Lipinski definition) is 2. The van der Waals surface area contributed by atoms with Gasteiger partial charge in [0.05, 0.1) is 27.9 Å². The van der Waals surface area contributed by atoms with Crippen LogP contribution in [0.4, 0.5) is 14.3 Å². The molecule has 0 unspecified atom stereocenters. The van der Waals surface area contributed by atoms with E-state index in [1.807, 2.05) is 11.1 Å². The highest BCUT2D eigenvalue weighted by atomic mass is 32.2.